The predicted octanol–water partition coefficient (Wildman–Crippen LogP) is 1.19. The molecule has 1 N–H and O–H groups in total. The van der Waals surface area contributed by atoms with Crippen molar-refractivity contribution in [3.05, 3.63) is 24.3 Å². The molecule has 1 heterocycles. The molecule has 0 aliphatic rings. The summed E-state index contributed by atoms with van der Waals surface area (Å²) >= 11 is 0. The highest BCUT2D eigenvalue weighted by molar-refractivity contribution is 5.78. The summed E-state index contributed by atoms with van der Waals surface area (Å²) in [5.74, 6) is -0.860. The third-order valence-electron chi connectivity index (χ3n) is 1.64. The number of pyridine rings is 1. The Bertz CT molecular complexity index is 330. The zero-order valence-corrected chi connectivity index (χ0v) is 7.95. The highest BCUT2D eigenvalue weighted by Gasteiger charge is 2.12. The van der Waals surface area contributed by atoms with Gasteiger partial charge in [-0.1, -0.05) is 0 Å². The Morgan fingerprint density at radius 2 is 2.36 bits per heavy atom. The molecule has 0 amide bonds. The molecular weight excluding hydrogens is 187 g/mol. The summed E-state index contributed by atoms with van der Waals surface area (Å²) in [4.78, 5) is 14.6. The standard InChI is InChI=1S/C9H11FN2O2/c1-6(9(13)14-2)12-8-3-7(10)4-11-5-8/h3-6,12H,1-2H3. The molecule has 0 radical (unpaired) electrons. The SMILES string of the molecule is COC(=O)C(C)Nc1cncc(F)c1. The molecule has 0 saturated carbocycles. The van der Waals surface area contributed by atoms with Crippen molar-refractivity contribution in [1.82, 2.24) is 4.98 Å². The molecule has 0 aromatic carbocycles. The number of halogens is 1. The first-order valence-electron chi connectivity index (χ1n) is 4.08. The van der Waals surface area contributed by atoms with Crippen molar-refractivity contribution in [1.29, 1.82) is 0 Å². The van der Waals surface area contributed by atoms with Crippen LogP contribution in [0.1, 0.15) is 6.92 Å². The van der Waals surface area contributed by atoms with Crippen molar-refractivity contribution in [3.8, 4) is 0 Å². The number of hydrogen-bond donors (Lipinski definition) is 1. The highest BCUT2D eigenvalue weighted by Crippen LogP contribution is 2.08. The summed E-state index contributed by atoms with van der Waals surface area (Å²) in [6, 6.07) is 0.732. The van der Waals surface area contributed by atoms with Gasteiger partial charge in [0.1, 0.15) is 11.9 Å². The van der Waals surface area contributed by atoms with E-state index in [0.717, 1.165) is 6.20 Å². The summed E-state index contributed by atoms with van der Waals surface area (Å²) in [7, 11) is 1.30. The Balaban J connectivity index is 2.64. The second-order valence-electron chi connectivity index (χ2n) is 2.78. The van der Waals surface area contributed by atoms with Crippen molar-refractivity contribution in [2.24, 2.45) is 0 Å². The van der Waals surface area contributed by atoms with Crippen LogP contribution in [0.5, 0.6) is 0 Å². The van der Waals surface area contributed by atoms with Gasteiger partial charge in [-0.3, -0.25) is 4.98 Å². The number of hydrogen-bond acceptors (Lipinski definition) is 4. The predicted molar refractivity (Wildman–Crippen MR) is 49.3 cm³/mol. The zero-order chi connectivity index (χ0) is 10.6. The van der Waals surface area contributed by atoms with Gasteiger partial charge in [0.05, 0.1) is 25.2 Å². The topological polar surface area (TPSA) is 51.2 Å². The second-order valence-corrected chi connectivity index (χ2v) is 2.78. The molecule has 0 spiro atoms. The first-order valence-corrected chi connectivity index (χ1v) is 4.08. The molecule has 1 aromatic heterocycles. The van der Waals surface area contributed by atoms with Crippen molar-refractivity contribution in [2.75, 3.05) is 12.4 Å². The fourth-order valence-electron chi connectivity index (χ4n) is 0.976. The lowest BCUT2D eigenvalue weighted by Gasteiger charge is -2.11. The maximum atomic E-state index is 12.7. The summed E-state index contributed by atoms with van der Waals surface area (Å²) in [6.07, 6.45) is 2.52. The summed E-state index contributed by atoms with van der Waals surface area (Å²) < 4.78 is 17.2. The Morgan fingerprint density at radius 1 is 1.64 bits per heavy atom. The summed E-state index contributed by atoms with van der Waals surface area (Å²) in [5.41, 5.74) is 0.447. The van der Waals surface area contributed by atoms with Gasteiger partial charge in [0, 0.05) is 6.07 Å². The van der Waals surface area contributed by atoms with E-state index in [4.69, 9.17) is 0 Å². The van der Waals surface area contributed by atoms with Crippen molar-refractivity contribution < 1.29 is 13.9 Å². The van der Waals surface area contributed by atoms with E-state index >= 15 is 0 Å². The van der Waals surface area contributed by atoms with Gasteiger partial charge in [-0.25, -0.2) is 9.18 Å². The Kier molecular flexibility index (Phi) is 3.39. The fourth-order valence-corrected chi connectivity index (χ4v) is 0.976. The van der Waals surface area contributed by atoms with Crippen LogP contribution in [0.25, 0.3) is 0 Å². The van der Waals surface area contributed by atoms with Crippen LogP contribution in [0, 0.1) is 5.82 Å². The maximum absolute atomic E-state index is 12.7. The molecule has 0 fully saturated rings. The van der Waals surface area contributed by atoms with Crippen molar-refractivity contribution in [2.45, 2.75) is 13.0 Å². The van der Waals surface area contributed by atoms with Gasteiger partial charge in [-0.2, -0.15) is 0 Å². The molecule has 76 valence electrons. The average molecular weight is 198 g/mol. The molecule has 0 saturated heterocycles. The molecule has 5 heteroatoms. The van der Waals surface area contributed by atoms with E-state index in [1.165, 1.54) is 19.4 Å². The molecule has 0 aliphatic heterocycles. The molecule has 0 aliphatic carbocycles. The van der Waals surface area contributed by atoms with Gasteiger partial charge in [0.2, 0.25) is 0 Å². The zero-order valence-electron chi connectivity index (χ0n) is 7.95. The number of carbonyl (C=O) groups excluding carboxylic acids is 1. The van der Waals surface area contributed by atoms with Crippen molar-refractivity contribution in [3.63, 3.8) is 0 Å². The molecule has 1 rings (SSSR count). The van der Waals surface area contributed by atoms with Gasteiger partial charge in [-0.05, 0) is 6.92 Å². The second kappa shape index (κ2) is 4.55. The third-order valence-corrected chi connectivity index (χ3v) is 1.64. The van der Waals surface area contributed by atoms with Gasteiger partial charge in [0.15, 0.2) is 0 Å². The third kappa shape index (κ3) is 2.69. The number of anilines is 1. The summed E-state index contributed by atoms with van der Waals surface area (Å²) in [6.45, 7) is 1.62. The number of aromatic nitrogens is 1. The van der Waals surface area contributed by atoms with Crippen LogP contribution in [-0.2, 0) is 9.53 Å². The fraction of sp³-hybridized carbons (Fsp3) is 0.333. The van der Waals surface area contributed by atoms with Gasteiger partial charge >= 0.3 is 5.97 Å². The maximum Gasteiger partial charge on any atom is 0.327 e. The number of methoxy groups -OCH3 is 1. The van der Waals surface area contributed by atoms with Crippen LogP contribution in [0.4, 0.5) is 10.1 Å². The minimum atomic E-state index is -0.524. The van der Waals surface area contributed by atoms with E-state index < -0.39 is 17.8 Å². The number of carbonyl (C=O) groups is 1. The van der Waals surface area contributed by atoms with Crippen LogP contribution in [0.3, 0.4) is 0 Å². The molecule has 4 nitrogen and oxygen atoms in total. The molecule has 1 unspecified atom stereocenters. The molecule has 14 heavy (non-hydrogen) atoms. The van der Waals surface area contributed by atoms with Gasteiger partial charge in [0.25, 0.3) is 0 Å². The lowest BCUT2D eigenvalue weighted by molar-refractivity contribution is -0.141. The van der Waals surface area contributed by atoms with Crippen LogP contribution in [0.2, 0.25) is 0 Å². The molecule has 1 aromatic rings. The lowest BCUT2D eigenvalue weighted by atomic mass is 10.3. The lowest BCUT2D eigenvalue weighted by Crippen LogP contribution is -2.27. The van der Waals surface area contributed by atoms with Crippen LogP contribution < -0.4 is 5.32 Å². The quantitative estimate of drug-likeness (QED) is 0.741. The van der Waals surface area contributed by atoms with Crippen LogP contribution >= 0.6 is 0 Å². The average Bonchev–Trinajstić information content (AvgIpc) is 2.16. The normalized spacial score (nSPS) is 11.9. The van der Waals surface area contributed by atoms with E-state index in [2.05, 4.69) is 15.0 Å². The molecule has 0 bridgehead atoms. The Morgan fingerprint density at radius 3 is 2.93 bits per heavy atom. The number of esters is 1. The number of nitrogens with one attached hydrogen (secondary N) is 1. The molecular formula is C9H11FN2O2. The van der Waals surface area contributed by atoms with E-state index in [-0.39, 0.29) is 0 Å². The highest BCUT2D eigenvalue weighted by atomic mass is 19.1. The molecule has 1 atom stereocenters. The van der Waals surface area contributed by atoms with E-state index in [0.29, 0.717) is 5.69 Å². The minimum absolute atomic E-state index is 0.408. The van der Waals surface area contributed by atoms with Gasteiger partial charge < -0.3 is 10.1 Å². The Labute approximate surface area is 81.1 Å². The van der Waals surface area contributed by atoms with E-state index in [1.54, 1.807) is 6.92 Å². The summed E-state index contributed by atoms with van der Waals surface area (Å²) in [5, 5.41) is 2.76. The van der Waals surface area contributed by atoms with Crippen LogP contribution in [0.15, 0.2) is 18.5 Å². The van der Waals surface area contributed by atoms with Crippen molar-refractivity contribution >= 4 is 11.7 Å². The first kappa shape index (κ1) is 10.4. The first-order chi connectivity index (χ1) is 6.63. The number of nitrogens with zero attached hydrogens (tertiary/aromatic N) is 1. The Hall–Kier alpha value is -1.65. The number of ether oxygens (including phenoxy) is 1. The minimum Gasteiger partial charge on any atom is -0.467 e. The monoisotopic (exact) mass is 198 g/mol. The smallest absolute Gasteiger partial charge is 0.327 e. The van der Waals surface area contributed by atoms with E-state index in [9.17, 15) is 9.18 Å². The van der Waals surface area contributed by atoms with E-state index in [1.807, 2.05) is 0 Å². The van der Waals surface area contributed by atoms with Crippen LogP contribution in [-0.4, -0.2) is 24.1 Å². The number of rotatable bonds is 3. The largest absolute Gasteiger partial charge is 0.467 e. The van der Waals surface area contributed by atoms with Gasteiger partial charge in [-0.15, -0.1) is 0 Å².